The number of fused-ring (bicyclic) bond motifs is 1. The van der Waals surface area contributed by atoms with Crippen LogP contribution >= 0.6 is 0 Å². The Balaban J connectivity index is 1.76. The highest BCUT2D eigenvalue weighted by Crippen LogP contribution is 2.46. The third-order valence-corrected chi connectivity index (χ3v) is 5.53. The van der Waals surface area contributed by atoms with Crippen molar-refractivity contribution in [2.75, 3.05) is 0 Å². The maximum Gasteiger partial charge on any atom is 0.328 e. The molecule has 2 unspecified atom stereocenters. The number of hydrogen-bond acceptors (Lipinski definition) is 2. The van der Waals surface area contributed by atoms with Crippen LogP contribution in [0.1, 0.15) is 46.1 Å². The third kappa shape index (κ3) is 3.70. The summed E-state index contributed by atoms with van der Waals surface area (Å²) in [5.41, 5.74) is 5.84. The molecule has 0 saturated heterocycles. The van der Waals surface area contributed by atoms with Gasteiger partial charge in [0.2, 0.25) is 0 Å². The summed E-state index contributed by atoms with van der Waals surface area (Å²) in [5.74, 6) is -0.0815. The first-order chi connectivity index (χ1) is 13.6. The molecule has 1 aliphatic rings. The van der Waals surface area contributed by atoms with E-state index in [9.17, 15) is 9.90 Å². The van der Waals surface area contributed by atoms with Crippen LogP contribution in [0.2, 0.25) is 0 Å². The monoisotopic (exact) mass is 370 g/mol. The Kier molecular flexibility index (Phi) is 4.98. The van der Waals surface area contributed by atoms with E-state index in [2.05, 4.69) is 36.4 Å². The molecule has 0 fully saturated rings. The van der Waals surface area contributed by atoms with Gasteiger partial charge in [0, 0.05) is 12.0 Å². The number of carboxylic acids is 1. The highest BCUT2D eigenvalue weighted by Gasteiger charge is 2.32. The largest absolute Gasteiger partial charge is 0.508 e. The predicted molar refractivity (Wildman–Crippen MR) is 111 cm³/mol. The van der Waals surface area contributed by atoms with Crippen molar-refractivity contribution in [3.63, 3.8) is 0 Å². The van der Waals surface area contributed by atoms with Gasteiger partial charge in [0.15, 0.2) is 0 Å². The van der Waals surface area contributed by atoms with Gasteiger partial charge in [0.1, 0.15) is 5.75 Å². The van der Waals surface area contributed by atoms with Gasteiger partial charge in [-0.25, -0.2) is 4.79 Å². The summed E-state index contributed by atoms with van der Waals surface area (Å²) in [7, 11) is 0. The Morgan fingerprint density at radius 2 is 1.68 bits per heavy atom. The summed E-state index contributed by atoms with van der Waals surface area (Å²) in [6.45, 7) is 0. The van der Waals surface area contributed by atoms with Crippen molar-refractivity contribution in [3.05, 3.63) is 107 Å². The molecule has 0 bridgehead atoms. The lowest BCUT2D eigenvalue weighted by molar-refractivity contribution is -0.131. The fourth-order valence-corrected chi connectivity index (χ4v) is 4.26. The zero-order valence-corrected chi connectivity index (χ0v) is 15.5. The predicted octanol–water partition coefficient (Wildman–Crippen LogP) is 5.35. The number of benzene rings is 3. The van der Waals surface area contributed by atoms with E-state index in [4.69, 9.17) is 5.11 Å². The summed E-state index contributed by atoms with van der Waals surface area (Å²) < 4.78 is 0. The highest BCUT2D eigenvalue weighted by molar-refractivity contribution is 5.85. The molecule has 3 heteroatoms. The molecule has 0 aromatic heterocycles. The first-order valence-corrected chi connectivity index (χ1v) is 9.49. The fourth-order valence-electron chi connectivity index (χ4n) is 4.26. The van der Waals surface area contributed by atoms with Crippen molar-refractivity contribution >= 4 is 12.0 Å². The Morgan fingerprint density at radius 3 is 2.39 bits per heavy atom. The maximum absolute atomic E-state index is 10.7. The SMILES string of the molecule is O=C(O)C=Cc1ccc(C2c3ccc(O)cc3CCC2c2ccccc2)cc1. The molecule has 1 aliphatic carbocycles. The summed E-state index contributed by atoms with van der Waals surface area (Å²) in [4.78, 5) is 10.7. The first-order valence-electron chi connectivity index (χ1n) is 9.49. The summed E-state index contributed by atoms with van der Waals surface area (Å²) in [6.07, 6.45) is 4.72. The molecule has 0 heterocycles. The van der Waals surface area contributed by atoms with Crippen molar-refractivity contribution in [2.24, 2.45) is 0 Å². The summed E-state index contributed by atoms with van der Waals surface area (Å²) in [6, 6.07) is 24.4. The van der Waals surface area contributed by atoms with Crippen molar-refractivity contribution in [1.29, 1.82) is 0 Å². The van der Waals surface area contributed by atoms with E-state index in [-0.39, 0.29) is 5.92 Å². The van der Waals surface area contributed by atoms with Gasteiger partial charge in [0.25, 0.3) is 0 Å². The van der Waals surface area contributed by atoms with Crippen LogP contribution in [-0.4, -0.2) is 16.2 Å². The van der Waals surface area contributed by atoms with E-state index in [1.54, 1.807) is 12.1 Å². The first kappa shape index (κ1) is 18.1. The van der Waals surface area contributed by atoms with E-state index in [0.29, 0.717) is 11.7 Å². The smallest absolute Gasteiger partial charge is 0.328 e. The van der Waals surface area contributed by atoms with Gasteiger partial charge in [-0.3, -0.25) is 0 Å². The van der Waals surface area contributed by atoms with Crippen LogP contribution < -0.4 is 0 Å². The Morgan fingerprint density at radius 1 is 0.929 bits per heavy atom. The molecule has 2 atom stereocenters. The molecule has 2 N–H and O–H groups in total. The van der Waals surface area contributed by atoms with Gasteiger partial charge < -0.3 is 10.2 Å². The number of carboxylic acid groups (broad SMARTS) is 1. The van der Waals surface area contributed by atoms with E-state index in [1.807, 2.05) is 30.3 Å². The summed E-state index contributed by atoms with van der Waals surface area (Å²) in [5, 5.41) is 18.7. The molecule has 0 aliphatic heterocycles. The number of aliphatic carboxylic acids is 1. The fraction of sp³-hybridized carbons (Fsp3) is 0.160. The lowest BCUT2D eigenvalue weighted by Crippen LogP contribution is -2.20. The standard InChI is InChI=1S/C25H22O3/c26-21-12-14-23-20(16-21)11-13-22(18-4-2-1-3-5-18)25(23)19-9-6-17(7-10-19)8-15-24(27)28/h1-10,12,14-16,22,25-26H,11,13H2,(H,27,28). The van der Waals surface area contributed by atoms with Gasteiger partial charge in [-0.1, -0.05) is 60.7 Å². The molecule has 28 heavy (non-hydrogen) atoms. The van der Waals surface area contributed by atoms with E-state index >= 15 is 0 Å². The molecule has 0 radical (unpaired) electrons. The molecule has 140 valence electrons. The second-order valence-electron chi connectivity index (χ2n) is 7.25. The molecule has 3 aromatic rings. The van der Waals surface area contributed by atoms with E-state index in [1.165, 1.54) is 22.3 Å². The van der Waals surface area contributed by atoms with Crippen molar-refractivity contribution in [1.82, 2.24) is 0 Å². The molecule has 0 saturated carbocycles. The molecule has 3 nitrogen and oxygen atoms in total. The third-order valence-electron chi connectivity index (χ3n) is 5.53. The second kappa shape index (κ2) is 7.73. The van der Waals surface area contributed by atoms with Crippen LogP contribution in [0.4, 0.5) is 0 Å². The number of hydrogen-bond donors (Lipinski definition) is 2. The number of phenolic OH excluding ortho intramolecular Hbond substituents is 1. The molecule has 4 rings (SSSR count). The van der Waals surface area contributed by atoms with Crippen LogP contribution in [0.3, 0.4) is 0 Å². The molecule has 0 amide bonds. The minimum absolute atomic E-state index is 0.198. The Bertz CT molecular complexity index is 1000. The van der Waals surface area contributed by atoms with Crippen LogP contribution in [0.15, 0.2) is 78.9 Å². The highest BCUT2D eigenvalue weighted by atomic mass is 16.4. The number of rotatable bonds is 4. The van der Waals surface area contributed by atoms with Crippen LogP contribution in [0.25, 0.3) is 6.08 Å². The Hall–Kier alpha value is -3.33. The van der Waals surface area contributed by atoms with E-state index < -0.39 is 5.97 Å². The minimum atomic E-state index is -0.950. The van der Waals surface area contributed by atoms with Crippen LogP contribution in [0.5, 0.6) is 5.75 Å². The normalized spacial score (nSPS) is 18.7. The molecular weight excluding hydrogens is 348 g/mol. The topological polar surface area (TPSA) is 57.5 Å². The number of phenols is 1. The number of aryl methyl sites for hydroxylation is 1. The van der Waals surface area contributed by atoms with Crippen LogP contribution in [-0.2, 0) is 11.2 Å². The van der Waals surface area contributed by atoms with Crippen molar-refractivity contribution in [3.8, 4) is 5.75 Å². The van der Waals surface area contributed by atoms with E-state index in [0.717, 1.165) is 24.5 Å². The molecule has 3 aromatic carbocycles. The second-order valence-corrected chi connectivity index (χ2v) is 7.25. The Labute approximate surface area is 164 Å². The quantitative estimate of drug-likeness (QED) is 0.609. The van der Waals surface area contributed by atoms with Crippen LogP contribution in [0, 0.1) is 0 Å². The van der Waals surface area contributed by atoms with Gasteiger partial charge in [0.05, 0.1) is 0 Å². The minimum Gasteiger partial charge on any atom is -0.508 e. The lowest BCUT2D eigenvalue weighted by atomic mass is 9.69. The number of carbonyl (C=O) groups is 1. The van der Waals surface area contributed by atoms with Crippen molar-refractivity contribution in [2.45, 2.75) is 24.7 Å². The summed E-state index contributed by atoms with van der Waals surface area (Å²) >= 11 is 0. The molecular formula is C25H22O3. The lowest BCUT2D eigenvalue weighted by Gasteiger charge is -2.34. The maximum atomic E-state index is 10.7. The zero-order valence-electron chi connectivity index (χ0n) is 15.5. The zero-order chi connectivity index (χ0) is 19.5. The molecule has 0 spiro atoms. The van der Waals surface area contributed by atoms with Gasteiger partial charge in [-0.05, 0) is 64.8 Å². The van der Waals surface area contributed by atoms with Gasteiger partial charge >= 0.3 is 5.97 Å². The number of aromatic hydroxyl groups is 1. The van der Waals surface area contributed by atoms with Gasteiger partial charge in [-0.2, -0.15) is 0 Å². The average Bonchev–Trinajstić information content (AvgIpc) is 2.72. The van der Waals surface area contributed by atoms with Crippen molar-refractivity contribution < 1.29 is 15.0 Å². The average molecular weight is 370 g/mol. The van der Waals surface area contributed by atoms with Gasteiger partial charge in [-0.15, -0.1) is 0 Å².